The topological polar surface area (TPSA) is 12.0 Å². The van der Waals surface area contributed by atoms with Crippen molar-refractivity contribution >= 4 is 0 Å². The number of halogens is 3. The van der Waals surface area contributed by atoms with Crippen molar-refractivity contribution in [3.05, 3.63) is 0 Å². The summed E-state index contributed by atoms with van der Waals surface area (Å²) in [6.45, 7) is 2.58. The van der Waals surface area contributed by atoms with Gasteiger partial charge in [-0.15, -0.1) is 0 Å². The van der Waals surface area contributed by atoms with Gasteiger partial charge in [-0.1, -0.05) is 19.3 Å². The number of rotatable bonds is 5. The lowest BCUT2D eigenvalue weighted by atomic mass is 9.84. The Bertz CT molecular complexity index is 185. The van der Waals surface area contributed by atoms with Crippen molar-refractivity contribution in [3.8, 4) is 0 Å². The predicted octanol–water partition coefficient (Wildman–Crippen LogP) is 3.89. The van der Waals surface area contributed by atoms with Crippen LogP contribution in [0.5, 0.6) is 0 Å². The van der Waals surface area contributed by atoms with Crippen molar-refractivity contribution in [2.75, 3.05) is 6.54 Å². The minimum Gasteiger partial charge on any atom is -0.314 e. The number of hydrogen-bond donors (Lipinski definition) is 1. The smallest absolute Gasteiger partial charge is 0.314 e. The normalized spacial score (nSPS) is 21.0. The molecule has 1 atom stereocenters. The maximum absolute atomic E-state index is 11.9. The van der Waals surface area contributed by atoms with Crippen LogP contribution in [-0.4, -0.2) is 18.8 Å². The summed E-state index contributed by atoms with van der Waals surface area (Å²) in [6, 6.07) is 0.369. The van der Waals surface area contributed by atoms with Crippen LogP contribution < -0.4 is 5.32 Å². The average molecular weight is 237 g/mol. The van der Waals surface area contributed by atoms with E-state index in [-0.39, 0.29) is 6.42 Å². The van der Waals surface area contributed by atoms with Crippen molar-refractivity contribution < 1.29 is 13.2 Å². The Morgan fingerprint density at radius 2 is 1.81 bits per heavy atom. The Kier molecular flexibility index (Phi) is 5.59. The van der Waals surface area contributed by atoms with E-state index in [4.69, 9.17) is 0 Å². The van der Waals surface area contributed by atoms with Crippen LogP contribution in [-0.2, 0) is 0 Å². The van der Waals surface area contributed by atoms with E-state index in [1.807, 2.05) is 0 Å². The molecule has 96 valence electrons. The molecule has 1 saturated carbocycles. The zero-order valence-corrected chi connectivity index (χ0v) is 9.95. The first-order valence-corrected chi connectivity index (χ1v) is 6.29. The highest BCUT2D eigenvalue weighted by Gasteiger charge is 2.26. The molecule has 0 aromatic rings. The molecule has 0 bridgehead atoms. The van der Waals surface area contributed by atoms with Gasteiger partial charge in [-0.05, 0) is 38.6 Å². The molecule has 1 unspecified atom stereocenters. The van der Waals surface area contributed by atoms with E-state index in [9.17, 15) is 13.2 Å². The van der Waals surface area contributed by atoms with E-state index < -0.39 is 12.6 Å². The van der Waals surface area contributed by atoms with Crippen LogP contribution in [0.1, 0.15) is 51.9 Å². The lowest BCUT2D eigenvalue weighted by molar-refractivity contribution is -0.135. The third-order valence-corrected chi connectivity index (χ3v) is 3.46. The van der Waals surface area contributed by atoms with Gasteiger partial charge in [0.1, 0.15) is 0 Å². The van der Waals surface area contributed by atoms with Gasteiger partial charge in [0.2, 0.25) is 0 Å². The van der Waals surface area contributed by atoms with E-state index in [1.165, 1.54) is 32.1 Å². The van der Waals surface area contributed by atoms with Crippen LogP contribution in [0.2, 0.25) is 0 Å². The minimum absolute atomic E-state index is 0.195. The lowest BCUT2D eigenvalue weighted by Gasteiger charge is -2.28. The summed E-state index contributed by atoms with van der Waals surface area (Å²) in [7, 11) is 0. The minimum atomic E-state index is -4.00. The monoisotopic (exact) mass is 237 g/mol. The highest BCUT2D eigenvalue weighted by atomic mass is 19.4. The summed E-state index contributed by atoms with van der Waals surface area (Å²) >= 11 is 0. The number of alkyl halides is 3. The molecule has 1 aliphatic carbocycles. The summed E-state index contributed by atoms with van der Waals surface area (Å²) < 4.78 is 35.7. The van der Waals surface area contributed by atoms with Gasteiger partial charge in [-0.25, -0.2) is 0 Å². The quantitative estimate of drug-likeness (QED) is 0.715. The molecular formula is C12H22F3N. The zero-order valence-electron chi connectivity index (χ0n) is 9.95. The molecule has 0 radical (unpaired) electrons. The lowest BCUT2D eigenvalue weighted by Crippen LogP contribution is -2.35. The van der Waals surface area contributed by atoms with E-state index in [0.29, 0.717) is 18.5 Å². The molecule has 0 saturated heterocycles. The molecule has 0 aromatic heterocycles. The van der Waals surface area contributed by atoms with Crippen LogP contribution in [0.4, 0.5) is 13.2 Å². The van der Waals surface area contributed by atoms with Gasteiger partial charge in [-0.2, -0.15) is 13.2 Å². The molecule has 1 N–H and O–H groups in total. The fourth-order valence-corrected chi connectivity index (χ4v) is 2.42. The molecule has 1 aliphatic rings. The molecule has 0 aliphatic heterocycles. The predicted molar refractivity (Wildman–Crippen MR) is 59.3 cm³/mol. The zero-order chi connectivity index (χ0) is 12.0. The Morgan fingerprint density at radius 1 is 1.19 bits per heavy atom. The highest BCUT2D eigenvalue weighted by molar-refractivity contribution is 4.75. The molecular weight excluding hydrogens is 215 g/mol. The summed E-state index contributed by atoms with van der Waals surface area (Å²) in [5, 5.41) is 3.22. The van der Waals surface area contributed by atoms with Gasteiger partial charge in [0.05, 0.1) is 0 Å². The van der Waals surface area contributed by atoms with Crippen LogP contribution in [0.3, 0.4) is 0 Å². The van der Waals surface area contributed by atoms with Gasteiger partial charge < -0.3 is 5.32 Å². The second kappa shape index (κ2) is 6.48. The number of hydrogen-bond acceptors (Lipinski definition) is 1. The van der Waals surface area contributed by atoms with Crippen molar-refractivity contribution in [2.24, 2.45) is 5.92 Å². The standard InChI is InChI=1S/C12H22F3N/c1-10(11-6-3-2-4-7-11)16-9-5-8-12(13,14)15/h10-11,16H,2-9H2,1H3. The van der Waals surface area contributed by atoms with E-state index >= 15 is 0 Å². The van der Waals surface area contributed by atoms with E-state index in [2.05, 4.69) is 12.2 Å². The molecule has 1 fully saturated rings. The highest BCUT2D eigenvalue weighted by Crippen LogP contribution is 2.26. The summed E-state index contributed by atoms with van der Waals surface area (Å²) in [6.07, 6.45) is 1.85. The van der Waals surface area contributed by atoms with Gasteiger partial charge >= 0.3 is 6.18 Å². The molecule has 1 nitrogen and oxygen atoms in total. The maximum Gasteiger partial charge on any atom is 0.389 e. The van der Waals surface area contributed by atoms with Crippen molar-refractivity contribution in [1.82, 2.24) is 5.32 Å². The average Bonchev–Trinajstić information content (AvgIpc) is 2.24. The Hall–Kier alpha value is -0.250. The van der Waals surface area contributed by atoms with Gasteiger partial charge in [0.15, 0.2) is 0 Å². The molecule has 4 heteroatoms. The fourth-order valence-electron chi connectivity index (χ4n) is 2.42. The third-order valence-electron chi connectivity index (χ3n) is 3.46. The molecule has 0 aromatic carbocycles. The van der Waals surface area contributed by atoms with Crippen LogP contribution in [0.25, 0.3) is 0 Å². The SMILES string of the molecule is CC(NCCCC(F)(F)F)C1CCCCC1. The van der Waals surface area contributed by atoms with E-state index in [0.717, 1.165) is 0 Å². The van der Waals surface area contributed by atoms with Gasteiger partial charge in [0.25, 0.3) is 0 Å². The summed E-state index contributed by atoms with van der Waals surface area (Å²) in [5.74, 6) is 0.666. The first kappa shape index (κ1) is 13.8. The van der Waals surface area contributed by atoms with Crippen molar-refractivity contribution in [2.45, 2.75) is 64.1 Å². The largest absolute Gasteiger partial charge is 0.389 e. The second-order valence-electron chi connectivity index (χ2n) is 4.86. The Labute approximate surface area is 95.8 Å². The third kappa shape index (κ3) is 5.73. The fraction of sp³-hybridized carbons (Fsp3) is 1.00. The van der Waals surface area contributed by atoms with Gasteiger partial charge in [0, 0.05) is 12.5 Å². The van der Waals surface area contributed by atoms with Crippen LogP contribution >= 0.6 is 0 Å². The molecule has 1 rings (SSSR count). The molecule has 0 spiro atoms. The Morgan fingerprint density at radius 3 is 2.38 bits per heavy atom. The first-order valence-electron chi connectivity index (χ1n) is 6.29. The van der Waals surface area contributed by atoms with Gasteiger partial charge in [-0.3, -0.25) is 0 Å². The Balaban J connectivity index is 2.07. The maximum atomic E-state index is 11.9. The summed E-state index contributed by atoms with van der Waals surface area (Å²) in [4.78, 5) is 0. The second-order valence-corrected chi connectivity index (χ2v) is 4.86. The molecule has 16 heavy (non-hydrogen) atoms. The van der Waals surface area contributed by atoms with Crippen LogP contribution in [0.15, 0.2) is 0 Å². The molecule has 0 amide bonds. The van der Waals surface area contributed by atoms with Crippen molar-refractivity contribution in [3.63, 3.8) is 0 Å². The van der Waals surface area contributed by atoms with Crippen molar-refractivity contribution in [1.29, 1.82) is 0 Å². The first-order chi connectivity index (χ1) is 7.49. The summed E-state index contributed by atoms with van der Waals surface area (Å²) in [5.41, 5.74) is 0. The van der Waals surface area contributed by atoms with Crippen LogP contribution in [0, 0.1) is 5.92 Å². The molecule has 0 heterocycles. The number of nitrogens with one attached hydrogen (secondary N) is 1. The van der Waals surface area contributed by atoms with E-state index in [1.54, 1.807) is 0 Å².